The quantitative estimate of drug-likeness (QED) is 0.852. The lowest BCUT2D eigenvalue weighted by molar-refractivity contribution is 0.163. The molecule has 5 nitrogen and oxygen atoms in total. The lowest BCUT2D eigenvalue weighted by Crippen LogP contribution is -2.48. The Balaban J connectivity index is 2.39. The first-order valence-corrected chi connectivity index (χ1v) is 7.79. The molecule has 0 amide bonds. The lowest BCUT2D eigenvalue weighted by atomic mass is 10.0. The number of likely N-dealkylation sites (N-methyl/N-ethyl adjacent to an activating group) is 1. The third-order valence-electron chi connectivity index (χ3n) is 2.98. The molecule has 0 N–H and O–H groups in total. The van der Waals surface area contributed by atoms with Crippen LogP contribution in [0.4, 0.5) is 0 Å². The summed E-state index contributed by atoms with van der Waals surface area (Å²) in [6, 6.07) is 5.02. The van der Waals surface area contributed by atoms with Crippen molar-refractivity contribution in [2.24, 2.45) is 0 Å². The van der Waals surface area contributed by atoms with Crippen LogP contribution < -0.4 is 0 Å². The average Bonchev–Trinajstić information content (AvgIpc) is 2.97. The van der Waals surface area contributed by atoms with Crippen LogP contribution in [0, 0.1) is 11.3 Å². The van der Waals surface area contributed by atoms with E-state index in [4.69, 9.17) is 16.3 Å². The molecule has 0 aliphatic carbocycles. The topological polar surface area (TPSA) is 70.4 Å². The van der Waals surface area contributed by atoms with Gasteiger partial charge in [-0.15, -0.1) is 11.3 Å². The molecule has 1 aliphatic heterocycles. The van der Waals surface area contributed by atoms with Crippen LogP contribution in [0.1, 0.15) is 6.42 Å². The predicted octanol–water partition coefficient (Wildman–Crippen LogP) is 1.70. The van der Waals surface area contributed by atoms with Crippen molar-refractivity contribution in [2.45, 2.75) is 16.2 Å². The van der Waals surface area contributed by atoms with Crippen molar-refractivity contribution in [1.82, 2.24) is 4.31 Å². The van der Waals surface area contributed by atoms with E-state index in [0.29, 0.717) is 17.4 Å². The molecule has 18 heavy (non-hydrogen) atoms. The summed E-state index contributed by atoms with van der Waals surface area (Å²) in [6.45, 7) is 0.483. The summed E-state index contributed by atoms with van der Waals surface area (Å²) in [4.78, 5) is 0. The first-order valence-electron chi connectivity index (χ1n) is 5.16. The Hall–Kier alpha value is -0.650. The van der Waals surface area contributed by atoms with Gasteiger partial charge in [-0.3, -0.25) is 0 Å². The Bertz CT molecular complexity index is 585. The van der Waals surface area contributed by atoms with Crippen molar-refractivity contribution in [1.29, 1.82) is 5.26 Å². The molecule has 1 atom stereocenters. The largest absolute Gasteiger partial charge is 0.378 e. The molecule has 2 heterocycles. The normalized spacial score (nSPS) is 24.3. The second kappa shape index (κ2) is 4.79. The van der Waals surface area contributed by atoms with E-state index in [9.17, 15) is 13.7 Å². The number of ether oxygens (including phenoxy) is 1. The number of halogens is 1. The van der Waals surface area contributed by atoms with Gasteiger partial charge < -0.3 is 4.74 Å². The van der Waals surface area contributed by atoms with Gasteiger partial charge in [0.1, 0.15) is 9.75 Å². The average molecular weight is 307 g/mol. The molecule has 8 heteroatoms. The number of nitriles is 1. The summed E-state index contributed by atoms with van der Waals surface area (Å²) in [6.07, 6.45) is 0.373. The molecular weight excluding hydrogens is 296 g/mol. The van der Waals surface area contributed by atoms with E-state index in [0.717, 1.165) is 15.6 Å². The standard InChI is InChI=1S/C10H11ClN2O3S2/c1-13(10(6-12)4-5-16-7-10)18(14,15)9-3-2-8(11)17-9/h2-3H,4-5,7H2,1H3/t10-/m0/s1. The number of thiophene rings is 1. The highest BCUT2D eigenvalue weighted by Gasteiger charge is 2.45. The predicted molar refractivity (Wildman–Crippen MR) is 68.1 cm³/mol. The summed E-state index contributed by atoms with van der Waals surface area (Å²) in [7, 11) is -2.30. The number of nitrogens with zero attached hydrogens (tertiary/aromatic N) is 2. The fourth-order valence-corrected chi connectivity index (χ4v) is 4.86. The summed E-state index contributed by atoms with van der Waals surface area (Å²) in [5.74, 6) is 0. The van der Waals surface area contributed by atoms with E-state index in [-0.39, 0.29) is 10.8 Å². The maximum absolute atomic E-state index is 12.4. The lowest BCUT2D eigenvalue weighted by Gasteiger charge is -2.29. The van der Waals surface area contributed by atoms with Gasteiger partial charge in [-0.05, 0) is 12.1 Å². The van der Waals surface area contributed by atoms with Crippen LogP contribution in [-0.4, -0.2) is 38.5 Å². The Labute approximate surface area is 115 Å². The second-order valence-electron chi connectivity index (χ2n) is 3.98. The van der Waals surface area contributed by atoms with E-state index < -0.39 is 15.6 Å². The van der Waals surface area contributed by atoms with Crippen LogP contribution in [0.2, 0.25) is 4.34 Å². The molecule has 0 radical (unpaired) electrons. The molecule has 1 fully saturated rings. The number of rotatable bonds is 3. The van der Waals surface area contributed by atoms with E-state index in [1.807, 2.05) is 0 Å². The van der Waals surface area contributed by atoms with Crippen LogP contribution in [-0.2, 0) is 14.8 Å². The van der Waals surface area contributed by atoms with Gasteiger partial charge in [-0.25, -0.2) is 8.42 Å². The van der Waals surface area contributed by atoms with Gasteiger partial charge in [0.25, 0.3) is 10.0 Å². The summed E-state index contributed by atoms with van der Waals surface area (Å²) in [5, 5.41) is 9.24. The maximum Gasteiger partial charge on any atom is 0.253 e. The fourth-order valence-electron chi connectivity index (χ4n) is 1.76. The molecule has 0 saturated carbocycles. The Morgan fingerprint density at radius 1 is 1.61 bits per heavy atom. The molecule has 0 bridgehead atoms. The molecular formula is C10H11ClN2O3S2. The molecule has 0 spiro atoms. The molecule has 1 aliphatic rings. The van der Waals surface area contributed by atoms with E-state index in [1.165, 1.54) is 19.2 Å². The molecule has 2 rings (SSSR count). The van der Waals surface area contributed by atoms with Gasteiger partial charge in [0.15, 0.2) is 0 Å². The van der Waals surface area contributed by atoms with Crippen molar-refractivity contribution in [3.63, 3.8) is 0 Å². The summed E-state index contributed by atoms with van der Waals surface area (Å²) < 4.78 is 31.5. The summed E-state index contributed by atoms with van der Waals surface area (Å²) in [5.41, 5.74) is -1.12. The molecule has 1 saturated heterocycles. The van der Waals surface area contributed by atoms with Gasteiger partial charge in [0, 0.05) is 20.1 Å². The van der Waals surface area contributed by atoms with Crippen LogP contribution in [0.3, 0.4) is 0 Å². The third-order valence-corrected chi connectivity index (χ3v) is 6.60. The first-order chi connectivity index (χ1) is 8.42. The zero-order chi connectivity index (χ0) is 13.4. The maximum atomic E-state index is 12.4. The van der Waals surface area contributed by atoms with Gasteiger partial charge in [0.05, 0.1) is 17.0 Å². The van der Waals surface area contributed by atoms with E-state index in [2.05, 4.69) is 6.07 Å². The monoisotopic (exact) mass is 306 g/mol. The number of hydrogen-bond donors (Lipinski definition) is 0. The molecule has 98 valence electrons. The highest BCUT2D eigenvalue weighted by molar-refractivity contribution is 7.91. The molecule has 1 aromatic rings. The van der Waals surface area contributed by atoms with Crippen molar-refractivity contribution >= 4 is 33.0 Å². The van der Waals surface area contributed by atoms with Crippen molar-refractivity contribution in [2.75, 3.05) is 20.3 Å². The van der Waals surface area contributed by atoms with Crippen LogP contribution in [0.5, 0.6) is 0 Å². The SMILES string of the molecule is CN([C@]1(C#N)CCOC1)S(=O)(=O)c1ccc(Cl)s1. The number of sulfonamides is 1. The van der Waals surface area contributed by atoms with E-state index >= 15 is 0 Å². The highest BCUT2D eigenvalue weighted by atomic mass is 35.5. The highest BCUT2D eigenvalue weighted by Crippen LogP contribution is 2.33. The minimum absolute atomic E-state index is 0.0956. The zero-order valence-electron chi connectivity index (χ0n) is 9.59. The van der Waals surface area contributed by atoms with Crippen LogP contribution in [0.25, 0.3) is 0 Å². The van der Waals surface area contributed by atoms with Crippen molar-refractivity contribution < 1.29 is 13.2 Å². The first kappa shape index (κ1) is 13.8. The van der Waals surface area contributed by atoms with Crippen molar-refractivity contribution in [3.8, 4) is 6.07 Å². The second-order valence-corrected chi connectivity index (χ2v) is 7.89. The van der Waals surface area contributed by atoms with Crippen molar-refractivity contribution in [3.05, 3.63) is 16.5 Å². The molecule has 0 aromatic carbocycles. The Kier molecular flexibility index (Phi) is 3.67. The van der Waals surface area contributed by atoms with Crippen LogP contribution in [0.15, 0.2) is 16.3 Å². The van der Waals surface area contributed by atoms with Gasteiger partial charge in [-0.2, -0.15) is 9.57 Å². The molecule has 0 unspecified atom stereocenters. The Morgan fingerprint density at radius 2 is 2.33 bits per heavy atom. The zero-order valence-corrected chi connectivity index (χ0v) is 12.0. The minimum atomic E-state index is -3.71. The Morgan fingerprint density at radius 3 is 2.78 bits per heavy atom. The minimum Gasteiger partial charge on any atom is -0.378 e. The van der Waals surface area contributed by atoms with E-state index in [1.54, 1.807) is 0 Å². The third kappa shape index (κ3) is 2.15. The number of hydrogen-bond acceptors (Lipinski definition) is 5. The summed E-state index contributed by atoms with van der Waals surface area (Å²) >= 11 is 6.72. The molecule has 1 aromatic heterocycles. The van der Waals surface area contributed by atoms with Gasteiger partial charge in [0.2, 0.25) is 0 Å². The fraction of sp³-hybridized carbons (Fsp3) is 0.500. The van der Waals surface area contributed by atoms with Crippen LogP contribution >= 0.6 is 22.9 Å². The smallest absolute Gasteiger partial charge is 0.253 e. The van der Waals surface area contributed by atoms with Gasteiger partial charge >= 0.3 is 0 Å². The van der Waals surface area contributed by atoms with Gasteiger partial charge in [-0.1, -0.05) is 11.6 Å².